The Morgan fingerprint density at radius 2 is 1.82 bits per heavy atom. The number of benzene rings is 1. The molecule has 0 aliphatic heterocycles. The van der Waals surface area contributed by atoms with E-state index >= 15 is 0 Å². The largest absolute Gasteiger partial charge is 0.393 e. The van der Waals surface area contributed by atoms with Crippen LogP contribution in [0.1, 0.15) is 19.4 Å². The summed E-state index contributed by atoms with van der Waals surface area (Å²) in [5, 5.41) is 9.68. The lowest BCUT2D eigenvalue weighted by molar-refractivity contribution is -0.0221. The molecule has 0 saturated heterocycles. The molecule has 17 heavy (non-hydrogen) atoms. The maximum Gasteiger partial charge on any atom is 0.260 e. The van der Waals surface area contributed by atoms with E-state index in [2.05, 4.69) is 0 Å². The second kappa shape index (κ2) is 5.29. The lowest BCUT2D eigenvalue weighted by Gasteiger charge is -2.37. The standard InChI is InChI=1S/C12H16ClF2NO/c1-7(8(2)17)12(16,11(14)15)9-5-3-4-6-10(9)13/h3-8,11,17H,16H2,1-2H3/t7-,8+,12-/m1/s1. The first-order valence-corrected chi connectivity index (χ1v) is 5.69. The van der Waals surface area contributed by atoms with Crippen LogP contribution >= 0.6 is 11.6 Å². The molecule has 96 valence electrons. The molecule has 0 saturated carbocycles. The lowest BCUT2D eigenvalue weighted by atomic mass is 9.77. The second-order valence-corrected chi connectivity index (χ2v) is 4.65. The summed E-state index contributed by atoms with van der Waals surface area (Å²) < 4.78 is 26.5. The van der Waals surface area contributed by atoms with Crippen LogP contribution in [-0.4, -0.2) is 17.6 Å². The van der Waals surface area contributed by atoms with Crippen LogP contribution in [0.2, 0.25) is 5.02 Å². The number of aliphatic hydroxyl groups is 1. The molecular weight excluding hydrogens is 248 g/mol. The van der Waals surface area contributed by atoms with Crippen LogP contribution in [0.4, 0.5) is 8.78 Å². The van der Waals surface area contributed by atoms with Gasteiger partial charge in [-0.25, -0.2) is 8.78 Å². The van der Waals surface area contributed by atoms with Gasteiger partial charge in [0.1, 0.15) is 5.54 Å². The zero-order valence-electron chi connectivity index (χ0n) is 9.70. The first kappa shape index (κ1) is 14.4. The SMILES string of the molecule is C[C@H](O)[C@@H](C)[C@@](N)(c1ccccc1Cl)C(F)F. The van der Waals surface area contributed by atoms with Crippen molar-refractivity contribution in [1.29, 1.82) is 0 Å². The molecule has 0 aliphatic rings. The fourth-order valence-corrected chi connectivity index (χ4v) is 2.07. The van der Waals surface area contributed by atoms with Gasteiger partial charge in [-0.15, -0.1) is 0 Å². The molecule has 0 radical (unpaired) electrons. The van der Waals surface area contributed by atoms with Crippen molar-refractivity contribution in [3.8, 4) is 0 Å². The van der Waals surface area contributed by atoms with Crippen molar-refractivity contribution in [3.05, 3.63) is 34.9 Å². The molecule has 0 unspecified atom stereocenters. The molecule has 1 aromatic carbocycles. The zero-order valence-corrected chi connectivity index (χ0v) is 10.5. The van der Waals surface area contributed by atoms with E-state index < -0.39 is 24.0 Å². The highest BCUT2D eigenvalue weighted by Gasteiger charge is 2.45. The molecule has 0 aliphatic carbocycles. The average Bonchev–Trinajstić information content (AvgIpc) is 2.27. The Balaban J connectivity index is 3.31. The minimum atomic E-state index is -2.81. The van der Waals surface area contributed by atoms with Gasteiger partial charge in [0, 0.05) is 10.9 Å². The fraction of sp³-hybridized carbons (Fsp3) is 0.500. The predicted octanol–water partition coefficient (Wildman–Crippen LogP) is 2.78. The second-order valence-electron chi connectivity index (χ2n) is 4.24. The van der Waals surface area contributed by atoms with Crippen LogP contribution in [0.15, 0.2) is 24.3 Å². The molecule has 3 N–H and O–H groups in total. The quantitative estimate of drug-likeness (QED) is 0.877. The molecule has 0 aromatic heterocycles. The van der Waals surface area contributed by atoms with E-state index in [0.717, 1.165) is 0 Å². The number of alkyl halides is 2. The highest BCUT2D eigenvalue weighted by atomic mass is 35.5. The van der Waals surface area contributed by atoms with Gasteiger partial charge in [0.15, 0.2) is 0 Å². The molecule has 0 amide bonds. The van der Waals surface area contributed by atoms with Gasteiger partial charge < -0.3 is 10.8 Å². The van der Waals surface area contributed by atoms with E-state index in [9.17, 15) is 13.9 Å². The summed E-state index contributed by atoms with van der Waals surface area (Å²) in [5.41, 5.74) is 4.02. The van der Waals surface area contributed by atoms with Crippen molar-refractivity contribution >= 4 is 11.6 Å². The Morgan fingerprint density at radius 1 is 1.29 bits per heavy atom. The Kier molecular flexibility index (Phi) is 4.47. The van der Waals surface area contributed by atoms with E-state index in [1.54, 1.807) is 12.1 Å². The Morgan fingerprint density at radius 3 is 2.24 bits per heavy atom. The van der Waals surface area contributed by atoms with Gasteiger partial charge in [-0.2, -0.15) is 0 Å². The van der Waals surface area contributed by atoms with E-state index in [1.165, 1.54) is 26.0 Å². The van der Waals surface area contributed by atoms with Gasteiger partial charge in [0.2, 0.25) is 0 Å². The summed E-state index contributed by atoms with van der Waals surface area (Å²) in [6, 6.07) is 6.22. The molecule has 0 spiro atoms. The fourth-order valence-electron chi connectivity index (χ4n) is 1.77. The summed E-state index contributed by atoms with van der Waals surface area (Å²) in [6.07, 6.45) is -3.77. The molecular formula is C12H16ClF2NO. The van der Waals surface area contributed by atoms with Gasteiger partial charge in [-0.3, -0.25) is 0 Å². The molecule has 1 aromatic rings. The first-order chi connectivity index (χ1) is 7.81. The maximum atomic E-state index is 13.3. The maximum absolute atomic E-state index is 13.3. The minimum Gasteiger partial charge on any atom is -0.393 e. The highest BCUT2D eigenvalue weighted by Crippen LogP contribution is 2.38. The Labute approximate surface area is 104 Å². The van der Waals surface area contributed by atoms with E-state index in [1.807, 2.05) is 0 Å². The third-order valence-electron chi connectivity index (χ3n) is 3.18. The third kappa shape index (κ3) is 2.59. The van der Waals surface area contributed by atoms with Crippen molar-refractivity contribution in [2.75, 3.05) is 0 Å². The number of aliphatic hydroxyl groups excluding tert-OH is 1. The van der Waals surface area contributed by atoms with Gasteiger partial charge in [0.05, 0.1) is 6.10 Å². The van der Waals surface area contributed by atoms with Crippen LogP contribution in [0.25, 0.3) is 0 Å². The summed E-state index contributed by atoms with van der Waals surface area (Å²) >= 11 is 5.91. The van der Waals surface area contributed by atoms with Gasteiger partial charge in [-0.05, 0) is 18.6 Å². The molecule has 2 nitrogen and oxygen atoms in total. The third-order valence-corrected chi connectivity index (χ3v) is 3.51. The van der Waals surface area contributed by atoms with Crippen molar-refractivity contribution < 1.29 is 13.9 Å². The van der Waals surface area contributed by atoms with Crippen molar-refractivity contribution in [2.45, 2.75) is 31.9 Å². The average molecular weight is 264 g/mol. The van der Waals surface area contributed by atoms with Crippen molar-refractivity contribution in [3.63, 3.8) is 0 Å². The molecule has 0 bridgehead atoms. The molecule has 3 atom stereocenters. The number of halogens is 3. The van der Waals surface area contributed by atoms with Crippen LogP contribution < -0.4 is 5.73 Å². The van der Waals surface area contributed by atoms with Crippen molar-refractivity contribution in [1.82, 2.24) is 0 Å². The lowest BCUT2D eigenvalue weighted by Crippen LogP contribution is -2.52. The normalized spacial score (nSPS) is 18.8. The van der Waals surface area contributed by atoms with Crippen LogP contribution in [0.5, 0.6) is 0 Å². The monoisotopic (exact) mass is 263 g/mol. The smallest absolute Gasteiger partial charge is 0.260 e. The minimum absolute atomic E-state index is 0.157. The number of rotatable bonds is 4. The van der Waals surface area contributed by atoms with E-state index in [0.29, 0.717) is 0 Å². The predicted molar refractivity (Wildman–Crippen MR) is 64.2 cm³/mol. The molecule has 1 rings (SSSR count). The van der Waals surface area contributed by atoms with E-state index in [4.69, 9.17) is 17.3 Å². The highest BCUT2D eigenvalue weighted by molar-refractivity contribution is 6.31. The molecule has 0 heterocycles. The van der Waals surface area contributed by atoms with Crippen LogP contribution in [-0.2, 0) is 5.54 Å². The van der Waals surface area contributed by atoms with Crippen LogP contribution in [0, 0.1) is 5.92 Å². The van der Waals surface area contributed by atoms with Gasteiger partial charge in [0.25, 0.3) is 6.43 Å². The summed E-state index contributed by atoms with van der Waals surface area (Å²) in [7, 11) is 0. The molecule has 5 heteroatoms. The summed E-state index contributed by atoms with van der Waals surface area (Å²) in [5.74, 6) is -0.817. The van der Waals surface area contributed by atoms with E-state index in [-0.39, 0.29) is 10.6 Å². The van der Waals surface area contributed by atoms with Crippen molar-refractivity contribution in [2.24, 2.45) is 11.7 Å². The zero-order chi connectivity index (χ0) is 13.2. The van der Waals surface area contributed by atoms with Gasteiger partial charge in [-0.1, -0.05) is 36.7 Å². The number of hydrogen-bond acceptors (Lipinski definition) is 2. The number of nitrogens with two attached hydrogens (primary N) is 1. The van der Waals surface area contributed by atoms with Gasteiger partial charge >= 0.3 is 0 Å². The van der Waals surface area contributed by atoms with Crippen LogP contribution in [0.3, 0.4) is 0 Å². The topological polar surface area (TPSA) is 46.2 Å². The number of hydrogen-bond donors (Lipinski definition) is 2. The first-order valence-electron chi connectivity index (χ1n) is 5.32. The Hall–Kier alpha value is -0.710. The molecule has 0 fully saturated rings. The summed E-state index contributed by atoms with van der Waals surface area (Å²) in [4.78, 5) is 0. The Bertz CT molecular complexity index is 387. The summed E-state index contributed by atoms with van der Waals surface area (Å²) in [6.45, 7) is 2.92.